The van der Waals surface area contributed by atoms with Crippen molar-refractivity contribution in [1.29, 1.82) is 0 Å². The molecule has 3 aliphatic rings. The first-order valence-electron chi connectivity index (χ1n) is 10.7. The van der Waals surface area contributed by atoms with Gasteiger partial charge in [-0.1, -0.05) is 41.9 Å². The number of carbonyl (C=O) groups excluding carboxylic acids is 1. The van der Waals surface area contributed by atoms with Gasteiger partial charge in [0.1, 0.15) is 6.17 Å². The zero-order valence-electron chi connectivity index (χ0n) is 17.4. The lowest BCUT2D eigenvalue weighted by Gasteiger charge is -2.38. The molecule has 2 unspecified atom stereocenters. The van der Waals surface area contributed by atoms with Gasteiger partial charge in [-0.2, -0.15) is 4.99 Å². The fourth-order valence-corrected chi connectivity index (χ4v) is 4.34. The Balaban J connectivity index is 1.26. The molecule has 1 amide bonds. The number of hydrogen-bond acceptors (Lipinski definition) is 6. The van der Waals surface area contributed by atoms with Gasteiger partial charge in [-0.25, -0.2) is 4.99 Å². The maximum absolute atomic E-state index is 12.5. The molecule has 0 bridgehead atoms. The summed E-state index contributed by atoms with van der Waals surface area (Å²) in [6.45, 7) is 3.86. The molecule has 0 aliphatic carbocycles. The molecular weight excluding hydrogens is 416 g/mol. The molecule has 1 aromatic carbocycles. The highest BCUT2D eigenvalue weighted by molar-refractivity contribution is 6.67. The Bertz CT molecular complexity index is 892. The molecule has 6 N–H and O–H groups in total. The molecule has 10 heteroatoms. The first-order valence-corrected chi connectivity index (χ1v) is 11.1. The van der Waals surface area contributed by atoms with E-state index < -0.39 is 17.6 Å². The van der Waals surface area contributed by atoms with E-state index >= 15 is 0 Å². The van der Waals surface area contributed by atoms with Crippen molar-refractivity contribution in [2.45, 2.75) is 42.9 Å². The number of rotatable bonds is 5. The molecule has 1 aromatic rings. The lowest BCUT2D eigenvalue weighted by Crippen LogP contribution is -2.52. The van der Waals surface area contributed by atoms with Crippen molar-refractivity contribution in [2.75, 3.05) is 26.2 Å². The summed E-state index contributed by atoms with van der Waals surface area (Å²) in [6, 6.07) is 10.6. The van der Waals surface area contributed by atoms with Crippen LogP contribution < -0.4 is 22.1 Å². The van der Waals surface area contributed by atoms with E-state index in [9.17, 15) is 4.79 Å². The molecule has 4 rings (SSSR count). The summed E-state index contributed by atoms with van der Waals surface area (Å²) in [4.78, 5) is 27.1. The van der Waals surface area contributed by atoms with Gasteiger partial charge in [0.25, 0.3) is 0 Å². The highest BCUT2D eigenvalue weighted by Crippen LogP contribution is 2.24. The van der Waals surface area contributed by atoms with E-state index in [0.717, 1.165) is 51.9 Å². The van der Waals surface area contributed by atoms with Gasteiger partial charge in [0, 0.05) is 19.6 Å². The number of aliphatic imine (C=N–C) groups is 3. The first kappa shape index (κ1) is 21.7. The van der Waals surface area contributed by atoms with Crippen LogP contribution in [0.4, 0.5) is 0 Å². The van der Waals surface area contributed by atoms with Gasteiger partial charge in [-0.15, -0.1) is 0 Å². The number of aryl methyl sites for hydroxylation is 1. The highest BCUT2D eigenvalue weighted by Gasteiger charge is 2.40. The number of likely N-dealkylation sites (tertiary alicyclic amines) is 1. The average molecular weight is 445 g/mol. The third-order valence-corrected chi connectivity index (χ3v) is 6.41. The highest BCUT2D eigenvalue weighted by atomic mass is 35.5. The molecule has 0 aromatic heterocycles. The Morgan fingerprint density at radius 1 is 1.26 bits per heavy atom. The summed E-state index contributed by atoms with van der Waals surface area (Å²) >= 11 is 5.98. The Kier molecular flexibility index (Phi) is 6.54. The van der Waals surface area contributed by atoms with Crippen LogP contribution in [0.15, 0.2) is 45.3 Å². The van der Waals surface area contributed by atoms with Gasteiger partial charge in [-0.3, -0.25) is 9.79 Å². The molecule has 3 aliphatic heterocycles. The molecule has 2 atom stereocenters. The zero-order valence-corrected chi connectivity index (χ0v) is 18.2. The summed E-state index contributed by atoms with van der Waals surface area (Å²) < 4.78 is 0. The number of amidine groups is 1. The standard InChI is InChI=1S/C21H29ClN8O/c22-16-18(24)27-17(23)15(26-16)19(31)28-20-25-13-21(29-20)8-11-30(12-9-21)10-4-7-14-5-2-1-3-6-14/h1-3,5-6,16,18H,4,7-13,24H2,(H2,23,27)(H2,25,28,29,31). The molecule has 0 radical (unpaired) electrons. The van der Waals surface area contributed by atoms with Gasteiger partial charge in [0.05, 0.1) is 5.54 Å². The normalized spacial score (nSPS) is 26.8. The number of nitrogens with two attached hydrogens (primary N) is 2. The van der Waals surface area contributed by atoms with Gasteiger partial charge in [0.2, 0.25) is 0 Å². The first-order chi connectivity index (χ1) is 14.9. The van der Waals surface area contributed by atoms with E-state index in [-0.39, 0.29) is 17.1 Å². The van der Waals surface area contributed by atoms with Gasteiger partial charge in [0.15, 0.2) is 23.0 Å². The molecule has 9 nitrogen and oxygen atoms in total. The number of piperidine rings is 1. The monoisotopic (exact) mass is 444 g/mol. The number of hydrogen-bond donors (Lipinski definition) is 4. The third-order valence-electron chi connectivity index (χ3n) is 6.05. The smallest absolute Gasteiger partial charge is 0.302 e. The topological polar surface area (TPSA) is 133 Å². The molecule has 2 saturated heterocycles. The number of guanidine groups is 1. The average Bonchev–Trinajstić information content (AvgIpc) is 3.15. The van der Waals surface area contributed by atoms with E-state index in [1.54, 1.807) is 0 Å². The Morgan fingerprint density at radius 3 is 2.74 bits per heavy atom. The van der Waals surface area contributed by atoms with E-state index in [4.69, 9.17) is 23.1 Å². The fourth-order valence-electron chi connectivity index (χ4n) is 4.19. The van der Waals surface area contributed by atoms with Crippen molar-refractivity contribution in [3.05, 3.63) is 35.9 Å². The van der Waals surface area contributed by atoms with Crippen LogP contribution in [0.1, 0.15) is 24.8 Å². The molecule has 3 heterocycles. The van der Waals surface area contributed by atoms with Crippen LogP contribution in [0.3, 0.4) is 0 Å². The summed E-state index contributed by atoms with van der Waals surface area (Å²) in [7, 11) is 0. The second kappa shape index (κ2) is 9.33. The third kappa shape index (κ3) is 5.23. The van der Waals surface area contributed by atoms with Crippen LogP contribution in [-0.4, -0.2) is 71.7 Å². The van der Waals surface area contributed by atoms with Crippen LogP contribution in [-0.2, 0) is 11.2 Å². The molecule has 0 saturated carbocycles. The minimum Gasteiger partial charge on any atom is -0.382 e. The fraction of sp³-hybridized carbons (Fsp3) is 0.524. The van der Waals surface area contributed by atoms with Crippen LogP contribution in [0.2, 0.25) is 0 Å². The van der Waals surface area contributed by atoms with Crippen molar-refractivity contribution in [3.63, 3.8) is 0 Å². The number of carbonyl (C=O) groups is 1. The number of amides is 1. The predicted octanol–water partition coefficient (Wildman–Crippen LogP) is 0.191. The van der Waals surface area contributed by atoms with Crippen molar-refractivity contribution >= 4 is 35.0 Å². The lowest BCUT2D eigenvalue weighted by atomic mass is 9.88. The van der Waals surface area contributed by atoms with Gasteiger partial charge < -0.3 is 27.0 Å². The van der Waals surface area contributed by atoms with Gasteiger partial charge >= 0.3 is 5.91 Å². The molecule has 2 fully saturated rings. The minimum atomic E-state index is -0.825. The quantitative estimate of drug-likeness (QED) is 0.378. The molecule has 1 spiro atoms. The summed E-state index contributed by atoms with van der Waals surface area (Å²) in [6.07, 6.45) is 3.48. The van der Waals surface area contributed by atoms with Crippen molar-refractivity contribution < 1.29 is 4.79 Å². The number of halogens is 1. The summed E-state index contributed by atoms with van der Waals surface area (Å²) in [5, 5.41) is 6.62. The van der Waals surface area contributed by atoms with Crippen molar-refractivity contribution in [3.8, 4) is 0 Å². The largest absolute Gasteiger partial charge is 0.382 e. The number of nitrogens with one attached hydrogen (secondary N) is 2. The predicted molar refractivity (Wildman–Crippen MR) is 123 cm³/mol. The van der Waals surface area contributed by atoms with E-state index in [1.165, 1.54) is 5.56 Å². The Morgan fingerprint density at radius 2 is 2.00 bits per heavy atom. The summed E-state index contributed by atoms with van der Waals surface area (Å²) in [5.74, 6) is -0.168. The Labute approximate surface area is 187 Å². The van der Waals surface area contributed by atoms with Crippen LogP contribution in [0.5, 0.6) is 0 Å². The zero-order chi connectivity index (χ0) is 21.8. The minimum absolute atomic E-state index is 0.0322. The number of nitrogens with zero attached hydrogens (tertiary/aromatic N) is 4. The second-order valence-corrected chi connectivity index (χ2v) is 8.76. The number of benzene rings is 1. The maximum atomic E-state index is 12.5. The molecule has 166 valence electrons. The number of alkyl halides is 1. The van der Waals surface area contributed by atoms with Crippen molar-refractivity contribution in [2.24, 2.45) is 26.4 Å². The SMILES string of the molecule is NC1=NC(N)C(Cl)N=C1C(=O)/N=C1\NCC2(CCN(CCCc3ccccc3)CC2)N1. The maximum Gasteiger partial charge on any atom is 0.302 e. The molecule has 31 heavy (non-hydrogen) atoms. The van der Waals surface area contributed by atoms with Gasteiger partial charge in [-0.05, 0) is 37.8 Å². The summed E-state index contributed by atoms with van der Waals surface area (Å²) in [5.41, 5.74) is 11.9. The van der Waals surface area contributed by atoms with Crippen LogP contribution in [0, 0.1) is 0 Å². The van der Waals surface area contributed by atoms with E-state index in [2.05, 4.69) is 60.8 Å². The lowest BCUT2D eigenvalue weighted by molar-refractivity contribution is -0.111. The Hall–Kier alpha value is -2.49. The van der Waals surface area contributed by atoms with Crippen LogP contribution in [0.25, 0.3) is 0 Å². The molecular formula is C21H29ClN8O. The second-order valence-electron chi connectivity index (χ2n) is 8.31. The van der Waals surface area contributed by atoms with E-state index in [1.807, 2.05) is 0 Å². The van der Waals surface area contributed by atoms with Crippen molar-refractivity contribution in [1.82, 2.24) is 15.5 Å². The van der Waals surface area contributed by atoms with Crippen LogP contribution >= 0.6 is 11.6 Å². The van der Waals surface area contributed by atoms with E-state index in [0.29, 0.717) is 5.96 Å².